The Morgan fingerprint density at radius 2 is 1.77 bits per heavy atom. The molecular formula is C29H33FN10. The van der Waals surface area contributed by atoms with Gasteiger partial charge in [-0.05, 0) is 62.4 Å². The van der Waals surface area contributed by atoms with Crippen LogP contribution in [0.25, 0.3) is 28.0 Å². The minimum absolute atomic E-state index is 0.212. The van der Waals surface area contributed by atoms with Gasteiger partial charge in [-0.2, -0.15) is 0 Å². The summed E-state index contributed by atoms with van der Waals surface area (Å²) >= 11 is 0. The second-order valence-electron chi connectivity index (χ2n) is 10.4. The molecule has 6 rings (SSSR count). The molecule has 0 spiro atoms. The zero-order valence-corrected chi connectivity index (χ0v) is 22.4. The summed E-state index contributed by atoms with van der Waals surface area (Å²) < 4.78 is 14.4. The first-order chi connectivity index (χ1) is 19.5. The van der Waals surface area contributed by atoms with Crippen LogP contribution in [-0.2, 0) is 0 Å². The van der Waals surface area contributed by atoms with Crippen molar-refractivity contribution in [1.82, 2.24) is 24.9 Å². The van der Waals surface area contributed by atoms with Gasteiger partial charge < -0.3 is 26.6 Å². The smallest absolute Gasteiger partial charge is 0.226 e. The van der Waals surface area contributed by atoms with E-state index in [0.29, 0.717) is 45.4 Å². The summed E-state index contributed by atoms with van der Waals surface area (Å²) in [6.07, 6.45) is 8.47. The largest absolute Gasteiger partial charge is 0.382 e. The van der Waals surface area contributed by atoms with Crippen molar-refractivity contribution in [3.05, 3.63) is 60.8 Å². The van der Waals surface area contributed by atoms with E-state index in [1.54, 1.807) is 18.5 Å². The van der Waals surface area contributed by atoms with Crippen LogP contribution in [0.4, 0.5) is 27.7 Å². The predicted molar refractivity (Wildman–Crippen MR) is 157 cm³/mol. The lowest BCUT2D eigenvalue weighted by Gasteiger charge is -2.33. The number of fused-ring (bicyclic) bond motifs is 1. The summed E-state index contributed by atoms with van der Waals surface area (Å²) in [6.45, 7) is 7.66. The molecule has 0 saturated carbocycles. The maximum atomic E-state index is 14.4. The number of nitrogen functional groups attached to an aromatic ring is 1. The molecule has 0 aliphatic carbocycles. The van der Waals surface area contributed by atoms with E-state index >= 15 is 0 Å². The molecule has 5 heterocycles. The third-order valence-corrected chi connectivity index (χ3v) is 7.55. The second-order valence-corrected chi connectivity index (χ2v) is 10.4. The highest BCUT2D eigenvalue weighted by Crippen LogP contribution is 2.32. The molecule has 11 heteroatoms. The van der Waals surface area contributed by atoms with Crippen LogP contribution in [-0.4, -0.2) is 57.1 Å². The molecule has 2 aliphatic rings. The van der Waals surface area contributed by atoms with Gasteiger partial charge in [0, 0.05) is 43.8 Å². The Morgan fingerprint density at radius 1 is 0.975 bits per heavy atom. The lowest BCUT2D eigenvalue weighted by Crippen LogP contribution is -2.40. The van der Waals surface area contributed by atoms with Crippen molar-refractivity contribution in [1.29, 1.82) is 0 Å². The first-order valence-electron chi connectivity index (χ1n) is 13.7. The van der Waals surface area contributed by atoms with Crippen molar-refractivity contribution < 1.29 is 4.39 Å². The van der Waals surface area contributed by atoms with Crippen LogP contribution in [0, 0.1) is 5.82 Å². The van der Waals surface area contributed by atoms with E-state index < -0.39 is 0 Å². The number of pyridine rings is 1. The third kappa shape index (κ3) is 5.24. The van der Waals surface area contributed by atoms with Gasteiger partial charge in [0.25, 0.3) is 0 Å². The third-order valence-electron chi connectivity index (χ3n) is 7.55. The summed E-state index contributed by atoms with van der Waals surface area (Å²) in [4.78, 5) is 27.8. The molecule has 1 aromatic carbocycles. The summed E-state index contributed by atoms with van der Waals surface area (Å²) in [5.74, 6) is 1.09. The summed E-state index contributed by atoms with van der Waals surface area (Å²) in [7, 11) is 0. The van der Waals surface area contributed by atoms with E-state index in [9.17, 15) is 4.39 Å². The number of rotatable bonds is 6. The summed E-state index contributed by atoms with van der Waals surface area (Å²) in [5, 5.41) is 3.86. The van der Waals surface area contributed by atoms with Crippen LogP contribution in [0.2, 0.25) is 0 Å². The molecule has 2 aliphatic heterocycles. The topological polar surface area (TPSA) is 135 Å². The maximum absolute atomic E-state index is 14.4. The Balaban J connectivity index is 1.35. The van der Waals surface area contributed by atoms with Crippen LogP contribution < -0.4 is 26.6 Å². The Hall–Kier alpha value is -4.38. The number of hydrogen-bond acceptors (Lipinski definition) is 10. The van der Waals surface area contributed by atoms with Gasteiger partial charge in [-0.1, -0.05) is 6.58 Å². The van der Waals surface area contributed by atoms with Crippen LogP contribution in [0.3, 0.4) is 0 Å². The number of nitrogens with one attached hydrogen (secondary N) is 1. The Kier molecular flexibility index (Phi) is 7.12. The predicted octanol–water partition coefficient (Wildman–Crippen LogP) is 4.20. The highest BCUT2D eigenvalue weighted by atomic mass is 19.1. The number of halogens is 1. The molecule has 0 bridgehead atoms. The first kappa shape index (κ1) is 25.9. The number of nitrogens with zero attached hydrogens (tertiary/aromatic N) is 7. The highest BCUT2D eigenvalue weighted by molar-refractivity contribution is 5.93. The number of hydrogen-bond donors (Lipinski definition) is 3. The van der Waals surface area contributed by atoms with E-state index in [1.807, 2.05) is 12.1 Å². The fourth-order valence-electron chi connectivity index (χ4n) is 5.34. The molecule has 206 valence electrons. The molecular weight excluding hydrogens is 507 g/mol. The fraction of sp³-hybridized carbons (Fsp3) is 0.345. The van der Waals surface area contributed by atoms with Gasteiger partial charge in [0.1, 0.15) is 22.9 Å². The number of anilines is 4. The number of piperidine rings is 2. The number of benzene rings is 1. The van der Waals surface area contributed by atoms with Gasteiger partial charge in [0.15, 0.2) is 11.6 Å². The van der Waals surface area contributed by atoms with Crippen LogP contribution in [0.5, 0.6) is 0 Å². The van der Waals surface area contributed by atoms with Crippen LogP contribution in [0.1, 0.15) is 37.8 Å². The summed E-state index contributed by atoms with van der Waals surface area (Å²) in [5.41, 5.74) is 15.8. The molecule has 40 heavy (non-hydrogen) atoms. The van der Waals surface area contributed by atoms with Crippen LogP contribution in [0.15, 0.2) is 49.3 Å². The molecule has 0 amide bonds. The summed E-state index contributed by atoms with van der Waals surface area (Å²) in [6, 6.07) is 8.66. The molecule has 2 saturated heterocycles. The Morgan fingerprint density at radius 3 is 2.58 bits per heavy atom. The van der Waals surface area contributed by atoms with Crippen molar-refractivity contribution in [2.45, 2.75) is 38.1 Å². The molecule has 2 fully saturated rings. The van der Waals surface area contributed by atoms with Gasteiger partial charge in [-0.3, -0.25) is 0 Å². The van der Waals surface area contributed by atoms with E-state index in [-0.39, 0.29) is 17.7 Å². The zero-order valence-electron chi connectivity index (χ0n) is 22.4. The number of nitrogens with two attached hydrogens (primary N) is 2. The van der Waals surface area contributed by atoms with Crippen molar-refractivity contribution >= 4 is 39.9 Å². The average Bonchev–Trinajstić information content (AvgIpc) is 2.98. The first-order valence-corrected chi connectivity index (χ1v) is 13.7. The van der Waals surface area contributed by atoms with E-state index in [2.05, 4.69) is 31.7 Å². The van der Waals surface area contributed by atoms with Gasteiger partial charge in [-0.25, -0.2) is 29.3 Å². The van der Waals surface area contributed by atoms with Crippen LogP contribution >= 0.6 is 0 Å². The molecule has 10 nitrogen and oxygen atoms in total. The van der Waals surface area contributed by atoms with Crippen molar-refractivity contribution in [3.8, 4) is 11.4 Å². The Bertz CT molecular complexity index is 1540. The molecule has 0 atom stereocenters. The zero-order chi connectivity index (χ0) is 27.6. The molecule has 4 aromatic rings. The van der Waals surface area contributed by atoms with Gasteiger partial charge >= 0.3 is 0 Å². The SMILES string of the molecule is C=C(Nc1ncccc1N1CCC(N)CC1)c1nc(-c2nc(N3CCCCC3)nc3ccc(F)cc23)cnc1N. The second kappa shape index (κ2) is 11.0. The molecule has 5 N–H and O–H groups in total. The number of aromatic nitrogens is 5. The van der Waals surface area contributed by atoms with E-state index in [4.69, 9.17) is 26.4 Å². The molecule has 0 radical (unpaired) electrons. The van der Waals surface area contributed by atoms with E-state index in [0.717, 1.165) is 57.5 Å². The van der Waals surface area contributed by atoms with Crippen molar-refractivity contribution in [3.63, 3.8) is 0 Å². The maximum Gasteiger partial charge on any atom is 0.226 e. The fourth-order valence-corrected chi connectivity index (χ4v) is 5.34. The standard InChI is InChI=1S/C29H33FN10/c1-18(35-28-24(6-5-11-33-28)39-14-9-20(31)10-15-39)25-27(32)34-17-23(36-25)26-21-16-19(30)7-8-22(21)37-29(38-26)40-12-3-2-4-13-40/h5-8,11,16-17,20H,1-4,9-10,12-15,31H2,(H2,32,34)(H,33,35). The molecule has 3 aromatic heterocycles. The Labute approximate surface area is 232 Å². The van der Waals surface area contributed by atoms with Gasteiger partial charge in [0.2, 0.25) is 5.95 Å². The van der Waals surface area contributed by atoms with Crippen molar-refractivity contribution in [2.75, 3.05) is 47.0 Å². The minimum Gasteiger partial charge on any atom is -0.382 e. The highest BCUT2D eigenvalue weighted by Gasteiger charge is 2.22. The normalized spacial score (nSPS) is 16.4. The lowest BCUT2D eigenvalue weighted by molar-refractivity contribution is 0.501. The van der Waals surface area contributed by atoms with E-state index in [1.165, 1.54) is 18.6 Å². The average molecular weight is 541 g/mol. The monoisotopic (exact) mass is 540 g/mol. The minimum atomic E-state index is -0.376. The molecule has 0 unspecified atom stereocenters. The quantitative estimate of drug-likeness (QED) is 0.326. The van der Waals surface area contributed by atoms with Gasteiger partial charge in [0.05, 0.1) is 23.1 Å². The van der Waals surface area contributed by atoms with Gasteiger partial charge in [-0.15, -0.1) is 0 Å². The lowest BCUT2D eigenvalue weighted by atomic mass is 10.1. The van der Waals surface area contributed by atoms with Crippen molar-refractivity contribution in [2.24, 2.45) is 5.73 Å².